The van der Waals surface area contributed by atoms with Crippen molar-refractivity contribution >= 4 is 11.6 Å². The van der Waals surface area contributed by atoms with Crippen molar-refractivity contribution in [3.05, 3.63) is 46.9 Å². The highest BCUT2D eigenvalue weighted by molar-refractivity contribution is 6.31. The van der Waals surface area contributed by atoms with E-state index in [1.54, 1.807) is 12.1 Å². The predicted octanol–water partition coefficient (Wildman–Crippen LogP) is 6.43. The number of furan rings is 1. The van der Waals surface area contributed by atoms with E-state index in [1.165, 1.54) is 44.6 Å². The van der Waals surface area contributed by atoms with E-state index in [0.29, 0.717) is 11.5 Å². The summed E-state index contributed by atoms with van der Waals surface area (Å²) in [5.41, 5.74) is 1.30. The molecule has 4 saturated carbocycles. The van der Waals surface area contributed by atoms with Crippen molar-refractivity contribution in [3.8, 4) is 11.3 Å². The van der Waals surface area contributed by atoms with E-state index >= 15 is 0 Å². The van der Waals surface area contributed by atoms with E-state index < -0.39 is 5.82 Å². The predicted molar refractivity (Wildman–Crippen MR) is 106 cm³/mol. The maximum Gasteiger partial charge on any atom is 0.141 e. The largest absolute Gasteiger partial charge is 0.460 e. The Kier molecular flexibility index (Phi) is 4.36. The molecule has 1 atom stereocenters. The quantitative estimate of drug-likeness (QED) is 0.639. The minimum Gasteiger partial charge on any atom is -0.460 e. The molecule has 0 spiro atoms. The van der Waals surface area contributed by atoms with Crippen molar-refractivity contribution in [1.29, 1.82) is 0 Å². The van der Waals surface area contributed by atoms with Gasteiger partial charge in [0, 0.05) is 11.6 Å². The molecule has 6 rings (SSSR count). The van der Waals surface area contributed by atoms with E-state index in [9.17, 15) is 4.39 Å². The first kappa shape index (κ1) is 17.8. The van der Waals surface area contributed by atoms with E-state index in [-0.39, 0.29) is 5.02 Å². The van der Waals surface area contributed by atoms with Gasteiger partial charge in [0.2, 0.25) is 0 Å². The third kappa shape index (κ3) is 3.23. The summed E-state index contributed by atoms with van der Waals surface area (Å²) >= 11 is 5.89. The molecule has 1 heterocycles. The molecule has 4 fully saturated rings. The molecular weight excluding hydrogens is 361 g/mol. The first-order valence-corrected chi connectivity index (χ1v) is 10.7. The highest BCUT2D eigenvalue weighted by atomic mass is 35.5. The normalized spacial score (nSPS) is 32.8. The number of benzene rings is 1. The second kappa shape index (κ2) is 6.63. The lowest BCUT2D eigenvalue weighted by molar-refractivity contribution is -0.0708. The van der Waals surface area contributed by atoms with Gasteiger partial charge in [-0.1, -0.05) is 11.6 Å². The second-order valence-electron chi connectivity index (χ2n) is 9.28. The fraction of sp³-hybridized carbons (Fsp3) is 0.565. The van der Waals surface area contributed by atoms with E-state index in [0.717, 1.165) is 41.4 Å². The van der Waals surface area contributed by atoms with Gasteiger partial charge in [-0.2, -0.15) is 0 Å². The first-order valence-electron chi connectivity index (χ1n) is 10.3. The van der Waals surface area contributed by atoms with Gasteiger partial charge in [-0.3, -0.25) is 0 Å². The highest BCUT2D eigenvalue weighted by Crippen LogP contribution is 2.61. The molecule has 2 nitrogen and oxygen atoms in total. The molecular formula is C23H27ClFNO. The van der Waals surface area contributed by atoms with E-state index in [2.05, 4.69) is 12.2 Å². The van der Waals surface area contributed by atoms with Gasteiger partial charge in [0.25, 0.3) is 0 Å². The monoisotopic (exact) mass is 387 g/mol. The molecule has 1 N–H and O–H groups in total. The van der Waals surface area contributed by atoms with Crippen molar-refractivity contribution in [2.45, 2.75) is 58.0 Å². The molecule has 1 aromatic heterocycles. The Morgan fingerprint density at radius 1 is 1.11 bits per heavy atom. The fourth-order valence-electron chi connectivity index (χ4n) is 6.46. The van der Waals surface area contributed by atoms with Gasteiger partial charge in [0.15, 0.2) is 0 Å². The summed E-state index contributed by atoms with van der Waals surface area (Å²) in [7, 11) is 0. The molecule has 4 aliphatic rings. The minimum absolute atomic E-state index is 0.124. The van der Waals surface area contributed by atoms with Crippen LogP contribution in [0.3, 0.4) is 0 Å². The lowest BCUT2D eigenvalue weighted by atomic mass is 9.48. The van der Waals surface area contributed by atoms with Gasteiger partial charge >= 0.3 is 0 Å². The van der Waals surface area contributed by atoms with Crippen molar-refractivity contribution in [1.82, 2.24) is 5.32 Å². The molecule has 0 unspecified atom stereocenters. The minimum atomic E-state index is -0.404. The summed E-state index contributed by atoms with van der Waals surface area (Å²) in [4.78, 5) is 0. The van der Waals surface area contributed by atoms with Gasteiger partial charge in [-0.25, -0.2) is 4.39 Å². The Hall–Kier alpha value is -1.32. The van der Waals surface area contributed by atoms with Crippen LogP contribution in [0, 0.1) is 29.0 Å². The highest BCUT2D eigenvalue weighted by Gasteiger charge is 2.52. The Morgan fingerprint density at radius 3 is 2.41 bits per heavy atom. The maximum atomic E-state index is 13.4. The van der Waals surface area contributed by atoms with Gasteiger partial charge in [-0.15, -0.1) is 0 Å². The molecule has 4 bridgehead atoms. The van der Waals surface area contributed by atoms with Crippen LogP contribution in [-0.2, 0) is 6.54 Å². The molecule has 0 amide bonds. The molecule has 27 heavy (non-hydrogen) atoms. The molecule has 0 aliphatic heterocycles. The maximum absolute atomic E-state index is 13.4. The number of nitrogens with one attached hydrogen (secondary N) is 1. The van der Waals surface area contributed by atoms with Crippen LogP contribution >= 0.6 is 11.6 Å². The number of rotatable bonds is 5. The summed E-state index contributed by atoms with van der Waals surface area (Å²) in [6.45, 7) is 3.11. The Bertz CT molecular complexity index is 809. The smallest absolute Gasteiger partial charge is 0.141 e. The lowest BCUT2D eigenvalue weighted by Gasteiger charge is -2.59. The third-order valence-corrected chi connectivity index (χ3v) is 7.74. The second-order valence-corrected chi connectivity index (χ2v) is 9.68. The molecule has 2 aromatic rings. The molecule has 1 aromatic carbocycles. The third-order valence-electron chi connectivity index (χ3n) is 7.45. The van der Waals surface area contributed by atoms with Gasteiger partial charge in [0.1, 0.15) is 17.3 Å². The standard InChI is InChI=1S/C23H27ClFNO/c1-14(23-10-15-6-16(11-23)8-17(7-15)12-23)26-13-19-3-5-22(27-19)18-2-4-21(25)20(24)9-18/h2-5,9,14-17,26H,6-8,10-13H2,1H3/t14-,15?,16?,17?,23?/m0/s1. The van der Waals surface area contributed by atoms with E-state index in [4.69, 9.17) is 16.0 Å². The molecule has 4 aliphatic carbocycles. The van der Waals surface area contributed by atoms with Crippen LogP contribution in [0.5, 0.6) is 0 Å². The molecule has 4 heteroatoms. The van der Waals surface area contributed by atoms with Crippen LogP contribution < -0.4 is 5.32 Å². The summed E-state index contributed by atoms with van der Waals surface area (Å²) in [6, 6.07) is 9.16. The van der Waals surface area contributed by atoms with Crippen LogP contribution in [0.4, 0.5) is 4.39 Å². The average molecular weight is 388 g/mol. The Labute approximate surface area is 165 Å². The zero-order valence-electron chi connectivity index (χ0n) is 15.8. The van der Waals surface area contributed by atoms with Crippen LogP contribution in [0.15, 0.2) is 34.7 Å². The van der Waals surface area contributed by atoms with Crippen LogP contribution in [-0.4, -0.2) is 6.04 Å². The van der Waals surface area contributed by atoms with Gasteiger partial charge in [-0.05, 0) is 98.9 Å². The van der Waals surface area contributed by atoms with Crippen molar-refractivity contribution in [2.75, 3.05) is 0 Å². The molecule has 0 saturated heterocycles. The average Bonchev–Trinajstić information content (AvgIpc) is 3.10. The fourth-order valence-corrected chi connectivity index (χ4v) is 6.64. The zero-order chi connectivity index (χ0) is 18.6. The molecule has 144 valence electrons. The Balaban J connectivity index is 1.25. The molecule has 0 radical (unpaired) electrons. The summed E-state index contributed by atoms with van der Waals surface area (Å²) < 4.78 is 19.4. The lowest BCUT2D eigenvalue weighted by Crippen LogP contribution is -2.54. The summed E-state index contributed by atoms with van der Waals surface area (Å²) in [5, 5.41) is 3.89. The first-order chi connectivity index (χ1) is 13.0. The van der Waals surface area contributed by atoms with Gasteiger partial charge in [0.05, 0.1) is 11.6 Å². The van der Waals surface area contributed by atoms with E-state index in [1.807, 2.05) is 12.1 Å². The van der Waals surface area contributed by atoms with Crippen LogP contribution in [0.1, 0.15) is 51.2 Å². The van der Waals surface area contributed by atoms with Crippen molar-refractivity contribution < 1.29 is 8.81 Å². The number of halogens is 2. The SMILES string of the molecule is C[C@H](NCc1ccc(-c2ccc(F)c(Cl)c2)o1)C12CC3CC(CC(C3)C1)C2. The summed E-state index contributed by atoms with van der Waals surface area (Å²) in [6.07, 6.45) is 8.66. The summed E-state index contributed by atoms with van der Waals surface area (Å²) in [5.74, 6) is 4.16. The van der Waals surface area contributed by atoms with Crippen LogP contribution in [0.2, 0.25) is 5.02 Å². The van der Waals surface area contributed by atoms with Crippen LogP contribution in [0.25, 0.3) is 11.3 Å². The van der Waals surface area contributed by atoms with Crippen molar-refractivity contribution in [2.24, 2.45) is 23.2 Å². The topological polar surface area (TPSA) is 25.2 Å². The number of hydrogen-bond acceptors (Lipinski definition) is 2. The van der Waals surface area contributed by atoms with Crippen molar-refractivity contribution in [3.63, 3.8) is 0 Å². The van der Waals surface area contributed by atoms with Gasteiger partial charge < -0.3 is 9.73 Å². The Morgan fingerprint density at radius 2 is 1.78 bits per heavy atom. The zero-order valence-corrected chi connectivity index (χ0v) is 16.6. The number of hydrogen-bond donors (Lipinski definition) is 1.